The van der Waals surface area contributed by atoms with Crippen LogP contribution in [-0.2, 0) is 6.54 Å². The van der Waals surface area contributed by atoms with Crippen LogP contribution in [0.5, 0.6) is 0 Å². The lowest BCUT2D eigenvalue weighted by Crippen LogP contribution is -2.32. The molecule has 0 aromatic carbocycles. The third-order valence-electron chi connectivity index (χ3n) is 1.27. The zero-order chi connectivity index (χ0) is 8.32. The lowest BCUT2D eigenvalue weighted by atomic mass is 10.3. The largest absolute Gasteiger partial charge is 0.331 e. The standard InChI is InChI=1S/C6H9F2N3/c7-6(8,3-9)4-11-2-1-10-5-11/h1-2,5H,3-4,9H2. The first kappa shape index (κ1) is 8.13. The highest BCUT2D eigenvalue weighted by molar-refractivity contribution is 4.78. The highest BCUT2D eigenvalue weighted by atomic mass is 19.3. The van der Waals surface area contributed by atoms with Gasteiger partial charge in [0.25, 0.3) is 5.92 Å². The first-order chi connectivity index (χ1) is 5.14. The van der Waals surface area contributed by atoms with Crippen LogP contribution in [0.2, 0.25) is 0 Å². The molecule has 0 atom stereocenters. The van der Waals surface area contributed by atoms with Crippen molar-refractivity contribution in [2.24, 2.45) is 5.73 Å². The van der Waals surface area contributed by atoms with Crippen molar-refractivity contribution in [1.82, 2.24) is 9.55 Å². The number of hydrogen-bond acceptors (Lipinski definition) is 2. The Kier molecular flexibility index (Phi) is 2.19. The molecule has 0 spiro atoms. The zero-order valence-corrected chi connectivity index (χ0v) is 5.87. The number of nitrogens with zero attached hydrogens (tertiary/aromatic N) is 2. The number of halogens is 2. The maximum absolute atomic E-state index is 12.5. The van der Waals surface area contributed by atoms with Crippen molar-refractivity contribution in [2.75, 3.05) is 6.54 Å². The van der Waals surface area contributed by atoms with E-state index in [4.69, 9.17) is 5.73 Å². The van der Waals surface area contributed by atoms with E-state index in [2.05, 4.69) is 4.98 Å². The molecule has 1 aromatic heterocycles. The van der Waals surface area contributed by atoms with E-state index in [0.29, 0.717) is 0 Å². The number of alkyl halides is 2. The summed E-state index contributed by atoms with van der Waals surface area (Å²) in [4.78, 5) is 3.63. The van der Waals surface area contributed by atoms with Crippen molar-refractivity contribution >= 4 is 0 Å². The van der Waals surface area contributed by atoms with Crippen molar-refractivity contribution in [1.29, 1.82) is 0 Å². The van der Waals surface area contributed by atoms with Gasteiger partial charge in [-0.1, -0.05) is 0 Å². The Bertz CT molecular complexity index is 208. The van der Waals surface area contributed by atoms with Crippen molar-refractivity contribution < 1.29 is 8.78 Å². The average molecular weight is 161 g/mol. The fourth-order valence-corrected chi connectivity index (χ4v) is 0.712. The van der Waals surface area contributed by atoms with Crippen molar-refractivity contribution in [2.45, 2.75) is 12.5 Å². The minimum absolute atomic E-state index is 0.399. The first-order valence-corrected chi connectivity index (χ1v) is 3.18. The molecule has 1 aromatic rings. The van der Waals surface area contributed by atoms with Gasteiger partial charge in [-0.15, -0.1) is 0 Å². The van der Waals surface area contributed by atoms with Gasteiger partial charge in [0, 0.05) is 12.4 Å². The van der Waals surface area contributed by atoms with Crippen molar-refractivity contribution in [3.63, 3.8) is 0 Å². The van der Waals surface area contributed by atoms with Crippen LogP contribution in [0.25, 0.3) is 0 Å². The molecule has 0 saturated carbocycles. The predicted octanol–water partition coefficient (Wildman–Crippen LogP) is 0.477. The van der Waals surface area contributed by atoms with Crippen LogP contribution >= 0.6 is 0 Å². The molecule has 3 nitrogen and oxygen atoms in total. The number of imidazole rings is 1. The summed E-state index contributed by atoms with van der Waals surface area (Å²) in [5.41, 5.74) is 4.84. The van der Waals surface area contributed by atoms with Gasteiger partial charge in [0.15, 0.2) is 0 Å². The molecule has 62 valence electrons. The molecule has 11 heavy (non-hydrogen) atoms. The molecule has 0 aliphatic heterocycles. The Morgan fingerprint density at radius 3 is 2.73 bits per heavy atom. The lowest BCUT2D eigenvalue weighted by Gasteiger charge is -2.13. The summed E-state index contributed by atoms with van der Waals surface area (Å²) in [5.74, 6) is -2.83. The summed E-state index contributed by atoms with van der Waals surface area (Å²) < 4.78 is 26.4. The molecule has 0 unspecified atom stereocenters. The SMILES string of the molecule is NCC(F)(F)Cn1ccnc1. The van der Waals surface area contributed by atoms with Gasteiger partial charge in [0.1, 0.15) is 0 Å². The summed E-state index contributed by atoms with van der Waals surface area (Å²) in [6.45, 7) is -1.03. The molecular weight excluding hydrogens is 152 g/mol. The Morgan fingerprint density at radius 2 is 2.27 bits per heavy atom. The molecule has 0 saturated heterocycles. The summed E-state index contributed by atoms with van der Waals surface area (Å²) in [6.07, 6.45) is 4.26. The summed E-state index contributed by atoms with van der Waals surface area (Å²) >= 11 is 0. The Morgan fingerprint density at radius 1 is 1.55 bits per heavy atom. The molecule has 0 aliphatic carbocycles. The highest BCUT2D eigenvalue weighted by Crippen LogP contribution is 2.13. The lowest BCUT2D eigenvalue weighted by molar-refractivity contribution is -0.00663. The van der Waals surface area contributed by atoms with Crippen molar-refractivity contribution in [3.8, 4) is 0 Å². The van der Waals surface area contributed by atoms with E-state index in [-0.39, 0.29) is 0 Å². The summed E-state index contributed by atoms with van der Waals surface area (Å²) in [7, 11) is 0. The van der Waals surface area contributed by atoms with Gasteiger partial charge >= 0.3 is 0 Å². The van der Waals surface area contributed by atoms with Gasteiger partial charge in [0.05, 0.1) is 19.4 Å². The molecular formula is C6H9F2N3. The topological polar surface area (TPSA) is 43.8 Å². The molecule has 0 bridgehead atoms. The van der Waals surface area contributed by atoms with E-state index in [1.165, 1.54) is 23.3 Å². The van der Waals surface area contributed by atoms with E-state index in [1.807, 2.05) is 0 Å². The molecule has 1 rings (SSSR count). The molecule has 0 fully saturated rings. The fourth-order valence-electron chi connectivity index (χ4n) is 0.712. The first-order valence-electron chi connectivity index (χ1n) is 3.18. The second-order valence-corrected chi connectivity index (χ2v) is 2.30. The van der Waals surface area contributed by atoms with Crippen LogP contribution in [0.1, 0.15) is 0 Å². The van der Waals surface area contributed by atoms with Gasteiger partial charge in [-0.05, 0) is 0 Å². The summed E-state index contributed by atoms with van der Waals surface area (Å²) in [5, 5.41) is 0. The van der Waals surface area contributed by atoms with E-state index >= 15 is 0 Å². The average Bonchev–Trinajstić information content (AvgIpc) is 2.39. The molecule has 0 amide bonds. The number of hydrogen-bond donors (Lipinski definition) is 1. The van der Waals surface area contributed by atoms with E-state index in [0.717, 1.165) is 0 Å². The molecule has 2 N–H and O–H groups in total. The van der Waals surface area contributed by atoms with Gasteiger partial charge in [-0.3, -0.25) is 0 Å². The number of rotatable bonds is 3. The van der Waals surface area contributed by atoms with Gasteiger partial charge in [-0.25, -0.2) is 13.8 Å². The smallest absolute Gasteiger partial charge is 0.277 e. The van der Waals surface area contributed by atoms with E-state index in [1.54, 1.807) is 0 Å². The normalized spacial score (nSPS) is 11.9. The van der Waals surface area contributed by atoms with Gasteiger partial charge in [-0.2, -0.15) is 0 Å². The summed E-state index contributed by atoms with van der Waals surface area (Å²) in [6, 6.07) is 0. The Balaban J connectivity index is 2.56. The van der Waals surface area contributed by atoms with Crippen molar-refractivity contribution in [3.05, 3.63) is 18.7 Å². The third-order valence-corrected chi connectivity index (χ3v) is 1.27. The van der Waals surface area contributed by atoms with Crippen LogP contribution in [0.15, 0.2) is 18.7 Å². The van der Waals surface area contributed by atoms with E-state index in [9.17, 15) is 8.78 Å². The van der Waals surface area contributed by atoms with Crippen LogP contribution in [0.4, 0.5) is 8.78 Å². The Hall–Kier alpha value is -0.970. The van der Waals surface area contributed by atoms with Gasteiger partial charge in [0.2, 0.25) is 0 Å². The maximum atomic E-state index is 12.5. The predicted molar refractivity (Wildman–Crippen MR) is 36.2 cm³/mol. The molecule has 0 radical (unpaired) electrons. The van der Waals surface area contributed by atoms with E-state index < -0.39 is 19.0 Å². The molecule has 0 aliphatic rings. The van der Waals surface area contributed by atoms with Crippen LogP contribution in [0, 0.1) is 0 Å². The fraction of sp³-hybridized carbons (Fsp3) is 0.500. The highest BCUT2D eigenvalue weighted by Gasteiger charge is 2.26. The van der Waals surface area contributed by atoms with Crippen LogP contribution in [0.3, 0.4) is 0 Å². The number of aromatic nitrogens is 2. The third kappa shape index (κ3) is 2.27. The quantitative estimate of drug-likeness (QED) is 0.700. The maximum Gasteiger partial charge on any atom is 0.277 e. The minimum atomic E-state index is -2.83. The molecule has 1 heterocycles. The number of nitrogens with two attached hydrogens (primary N) is 1. The van der Waals surface area contributed by atoms with Gasteiger partial charge < -0.3 is 10.3 Å². The molecule has 5 heteroatoms. The Labute approximate surface area is 62.8 Å². The van der Waals surface area contributed by atoms with Crippen LogP contribution in [-0.4, -0.2) is 22.0 Å². The second kappa shape index (κ2) is 2.96. The monoisotopic (exact) mass is 161 g/mol. The second-order valence-electron chi connectivity index (χ2n) is 2.30. The zero-order valence-electron chi connectivity index (χ0n) is 5.87. The van der Waals surface area contributed by atoms with Crippen LogP contribution < -0.4 is 5.73 Å². The minimum Gasteiger partial charge on any atom is -0.331 e.